The zero-order valence-corrected chi connectivity index (χ0v) is 18.8. The Morgan fingerprint density at radius 2 is 1.73 bits per heavy atom. The lowest BCUT2D eigenvalue weighted by molar-refractivity contribution is -0.141. The first-order chi connectivity index (χ1) is 14.5. The molecule has 1 fully saturated rings. The summed E-state index contributed by atoms with van der Waals surface area (Å²) >= 11 is 12.2. The molecule has 0 unspecified atom stereocenters. The molecule has 0 aliphatic heterocycles. The molecule has 0 saturated heterocycles. The molecule has 6 heteroatoms. The summed E-state index contributed by atoms with van der Waals surface area (Å²) < 4.78 is 0. The van der Waals surface area contributed by atoms with Crippen LogP contribution in [-0.4, -0.2) is 28.8 Å². The van der Waals surface area contributed by atoms with Crippen molar-refractivity contribution in [3.8, 4) is 0 Å². The maximum atomic E-state index is 13.3. The van der Waals surface area contributed by atoms with Gasteiger partial charge in [0.05, 0.1) is 10.0 Å². The third-order valence-corrected chi connectivity index (χ3v) is 6.35. The summed E-state index contributed by atoms with van der Waals surface area (Å²) in [6.07, 6.45) is 5.05. The van der Waals surface area contributed by atoms with E-state index in [4.69, 9.17) is 23.2 Å². The van der Waals surface area contributed by atoms with Crippen molar-refractivity contribution in [1.29, 1.82) is 0 Å². The molecule has 4 nitrogen and oxygen atoms in total. The van der Waals surface area contributed by atoms with Gasteiger partial charge in [-0.25, -0.2) is 0 Å². The Hall–Kier alpha value is -2.04. The fourth-order valence-corrected chi connectivity index (χ4v) is 4.28. The maximum Gasteiger partial charge on any atom is 0.243 e. The lowest BCUT2D eigenvalue weighted by Crippen LogP contribution is -2.52. The molecule has 2 amide bonds. The van der Waals surface area contributed by atoms with Crippen molar-refractivity contribution in [2.24, 2.45) is 0 Å². The van der Waals surface area contributed by atoms with E-state index in [1.54, 1.807) is 17.0 Å². The molecule has 3 rings (SSSR count). The average Bonchev–Trinajstić information content (AvgIpc) is 3.26. The second-order valence-electron chi connectivity index (χ2n) is 7.82. The first-order valence-corrected chi connectivity index (χ1v) is 11.3. The molecule has 0 heterocycles. The summed E-state index contributed by atoms with van der Waals surface area (Å²) in [5, 5.41) is 4.09. The second kappa shape index (κ2) is 10.8. The normalized spacial score (nSPS) is 15.0. The Balaban J connectivity index is 1.88. The number of hydrogen-bond donors (Lipinski definition) is 1. The number of rotatable bonds is 8. The highest BCUT2D eigenvalue weighted by Crippen LogP contribution is 2.25. The topological polar surface area (TPSA) is 49.4 Å². The molecule has 2 aromatic rings. The van der Waals surface area contributed by atoms with Crippen LogP contribution in [0.2, 0.25) is 10.0 Å². The summed E-state index contributed by atoms with van der Waals surface area (Å²) in [6, 6.07) is 14.8. The molecule has 1 atom stereocenters. The fraction of sp³-hybridized carbons (Fsp3) is 0.417. The van der Waals surface area contributed by atoms with E-state index < -0.39 is 6.04 Å². The Bertz CT molecular complexity index is 867. The number of carbonyl (C=O) groups excluding carboxylic acids is 2. The Morgan fingerprint density at radius 3 is 2.37 bits per heavy atom. The molecule has 1 aliphatic carbocycles. The summed E-state index contributed by atoms with van der Waals surface area (Å²) in [7, 11) is 0. The van der Waals surface area contributed by atoms with E-state index in [9.17, 15) is 9.59 Å². The van der Waals surface area contributed by atoms with Crippen molar-refractivity contribution < 1.29 is 9.59 Å². The van der Waals surface area contributed by atoms with Gasteiger partial charge in [-0.1, -0.05) is 79.4 Å². The number of benzene rings is 2. The highest BCUT2D eigenvalue weighted by Gasteiger charge is 2.31. The van der Waals surface area contributed by atoms with Gasteiger partial charge in [0.15, 0.2) is 0 Å². The lowest BCUT2D eigenvalue weighted by atomic mass is 10.0. The van der Waals surface area contributed by atoms with Gasteiger partial charge >= 0.3 is 0 Å². The molecule has 0 spiro atoms. The molecule has 1 N–H and O–H groups in total. The van der Waals surface area contributed by atoms with E-state index in [-0.39, 0.29) is 17.9 Å². The minimum atomic E-state index is -0.588. The predicted molar refractivity (Wildman–Crippen MR) is 122 cm³/mol. The lowest BCUT2D eigenvalue weighted by Gasteiger charge is -2.32. The fourth-order valence-electron chi connectivity index (χ4n) is 3.96. The standard InChI is InChI=1S/C24H28Cl2N2O2/c1-2-23(29)28(16-18-12-13-20(25)21(26)14-18)22(15-17-8-4-3-5-9-17)24(30)27-19-10-6-7-11-19/h3-5,8-9,12-14,19,22H,2,6-7,10-11,15-16H2,1H3,(H,27,30)/t22-/m1/s1. The van der Waals surface area contributed by atoms with Crippen LogP contribution < -0.4 is 5.32 Å². The highest BCUT2D eigenvalue weighted by molar-refractivity contribution is 6.42. The van der Waals surface area contributed by atoms with Crippen molar-refractivity contribution >= 4 is 35.0 Å². The maximum absolute atomic E-state index is 13.3. The Kier molecular flexibility index (Phi) is 8.17. The van der Waals surface area contributed by atoms with Crippen molar-refractivity contribution in [3.05, 3.63) is 69.7 Å². The van der Waals surface area contributed by atoms with Crippen LogP contribution in [0.3, 0.4) is 0 Å². The van der Waals surface area contributed by atoms with Gasteiger partial charge in [0.1, 0.15) is 6.04 Å². The van der Waals surface area contributed by atoms with E-state index in [0.717, 1.165) is 36.8 Å². The average molecular weight is 447 g/mol. The molecule has 0 radical (unpaired) electrons. The van der Waals surface area contributed by atoms with Gasteiger partial charge in [-0.2, -0.15) is 0 Å². The molecule has 0 bridgehead atoms. The van der Waals surface area contributed by atoms with Crippen molar-refractivity contribution in [3.63, 3.8) is 0 Å². The van der Waals surface area contributed by atoms with Crippen LogP contribution in [-0.2, 0) is 22.6 Å². The number of hydrogen-bond acceptors (Lipinski definition) is 2. The molecular weight excluding hydrogens is 419 g/mol. The van der Waals surface area contributed by atoms with Gasteiger partial charge < -0.3 is 10.2 Å². The minimum Gasteiger partial charge on any atom is -0.352 e. The van der Waals surface area contributed by atoms with Gasteiger partial charge in [0.25, 0.3) is 0 Å². The Labute approximate surface area is 188 Å². The number of amides is 2. The molecule has 160 valence electrons. The molecule has 0 aromatic heterocycles. The van der Waals surface area contributed by atoms with Crippen molar-refractivity contribution in [2.45, 2.75) is 64.1 Å². The van der Waals surface area contributed by atoms with Crippen LogP contribution in [0.1, 0.15) is 50.2 Å². The van der Waals surface area contributed by atoms with Crippen LogP contribution in [0.15, 0.2) is 48.5 Å². The van der Waals surface area contributed by atoms with Gasteiger partial charge in [0.2, 0.25) is 11.8 Å². The van der Waals surface area contributed by atoms with Gasteiger partial charge in [-0.05, 0) is 36.1 Å². The van der Waals surface area contributed by atoms with Crippen LogP contribution >= 0.6 is 23.2 Å². The third-order valence-electron chi connectivity index (χ3n) is 5.61. The largest absolute Gasteiger partial charge is 0.352 e. The van der Waals surface area contributed by atoms with Crippen LogP contribution in [0.25, 0.3) is 0 Å². The SMILES string of the molecule is CCC(=O)N(Cc1ccc(Cl)c(Cl)c1)[C@H](Cc1ccccc1)C(=O)NC1CCCC1. The third kappa shape index (κ3) is 5.99. The van der Waals surface area contributed by atoms with Crippen molar-refractivity contribution in [1.82, 2.24) is 10.2 Å². The monoisotopic (exact) mass is 446 g/mol. The zero-order chi connectivity index (χ0) is 21.5. The van der Waals surface area contributed by atoms with E-state index in [2.05, 4.69) is 5.32 Å². The first kappa shape index (κ1) is 22.6. The van der Waals surface area contributed by atoms with Crippen LogP contribution in [0.5, 0.6) is 0 Å². The van der Waals surface area contributed by atoms with E-state index >= 15 is 0 Å². The number of carbonyl (C=O) groups is 2. The smallest absolute Gasteiger partial charge is 0.243 e. The van der Waals surface area contributed by atoms with E-state index in [0.29, 0.717) is 29.4 Å². The summed E-state index contributed by atoms with van der Waals surface area (Å²) in [6.45, 7) is 2.12. The quantitative estimate of drug-likeness (QED) is 0.589. The van der Waals surface area contributed by atoms with Crippen LogP contribution in [0, 0.1) is 0 Å². The molecule has 1 saturated carbocycles. The van der Waals surface area contributed by atoms with Gasteiger partial charge in [-0.15, -0.1) is 0 Å². The summed E-state index contributed by atoms with van der Waals surface area (Å²) in [5.74, 6) is -0.156. The Morgan fingerprint density at radius 1 is 1.03 bits per heavy atom. The molecule has 1 aliphatic rings. The van der Waals surface area contributed by atoms with Crippen LogP contribution in [0.4, 0.5) is 0 Å². The van der Waals surface area contributed by atoms with Gasteiger partial charge in [-0.3, -0.25) is 9.59 Å². The summed E-state index contributed by atoms with van der Waals surface area (Å²) in [4.78, 5) is 27.9. The number of halogens is 2. The van der Waals surface area contributed by atoms with Crippen molar-refractivity contribution in [2.75, 3.05) is 0 Å². The number of nitrogens with zero attached hydrogens (tertiary/aromatic N) is 1. The first-order valence-electron chi connectivity index (χ1n) is 10.6. The summed E-state index contributed by atoms with van der Waals surface area (Å²) in [5.41, 5.74) is 1.87. The predicted octanol–water partition coefficient (Wildman–Crippen LogP) is 5.40. The molecule has 30 heavy (non-hydrogen) atoms. The molecule has 2 aromatic carbocycles. The van der Waals surface area contributed by atoms with Gasteiger partial charge in [0, 0.05) is 25.4 Å². The number of nitrogens with one attached hydrogen (secondary N) is 1. The van der Waals surface area contributed by atoms with E-state index in [1.165, 1.54) is 0 Å². The minimum absolute atomic E-state index is 0.0661. The molecular formula is C24H28Cl2N2O2. The second-order valence-corrected chi connectivity index (χ2v) is 8.63. The zero-order valence-electron chi connectivity index (χ0n) is 17.2. The van der Waals surface area contributed by atoms with E-state index in [1.807, 2.05) is 43.3 Å². The highest BCUT2D eigenvalue weighted by atomic mass is 35.5.